The van der Waals surface area contributed by atoms with E-state index in [-0.39, 0.29) is 5.92 Å². The standard InChI is InChI=1S/C19H38N2O5Si/c1-13(2)12-15(17(23)25-6)20-16(22)14(10-11-27(7,8)9)21-18(24)26-19(3,4)5/h13-15H,10-12H2,1-9H3,(H,20,22)(H,21,24)/t14-,15+/m1/s1. The van der Waals surface area contributed by atoms with Crippen LogP contribution in [0.15, 0.2) is 0 Å². The van der Waals surface area contributed by atoms with Gasteiger partial charge >= 0.3 is 12.1 Å². The van der Waals surface area contributed by atoms with Crippen molar-refractivity contribution in [3.05, 3.63) is 0 Å². The molecule has 27 heavy (non-hydrogen) atoms. The Morgan fingerprint density at radius 3 is 1.96 bits per heavy atom. The van der Waals surface area contributed by atoms with Crippen LogP contribution in [0, 0.1) is 5.92 Å². The smallest absolute Gasteiger partial charge is 0.408 e. The summed E-state index contributed by atoms with van der Waals surface area (Å²) in [6.45, 7) is 15.8. The van der Waals surface area contributed by atoms with E-state index in [1.54, 1.807) is 20.8 Å². The molecule has 0 aliphatic heterocycles. The fourth-order valence-electron chi connectivity index (χ4n) is 2.40. The molecule has 0 spiro atoms. The highest BCUT2D eigenvalue weighted by Crippen LogP contribution is 2.15. The zero-order valence-corrected chi connectivity index (χ0v) is 19.4. The van der Waals surface area contributed by atoms with Gasteiger partial charge < -0.3 is 20.1 Å². The number of nitrogens with one attached hydrogen (secondary N) is 2. The number of carbonyl (C=O) groups excluding carboxylic acids is 3. The number of rotatable bonds is 9. The van der Waals surface area contributed by atoms with Crippen molar-refractivity contribution in [1.29, 1.82) is 0 Å². The minimum Gasteiger partial charge on any atom is -0.467 e. The summed E-state index contributed by atoms with van der Waals surface area (Å²) in [7, 11) is -0.127. The number of hydrogen-bond acceptors (Lipinski definition) is 5. The first kappa shape index (κ1) is 25.4. The molecule has 0 bridgehead atoms. The first-order valence-corrected chi connectivity index (χ1v) is 13.2. The fourth-order valence-corrected chi connectivity index (χ4v) is 3.55. The van der Waals surface area contributed by atoms with E-state index in [4.69, 9.17) is 9.47 Å². The van der Waals surface area contributed by atoms with Gasteiger partial charge in [-0.25, -0.2) is 9.59 Å². The van der Waals surface area contributed by atoms with Gasteiger partial charge in [0, 0.05) is 8.07 Å². The van der Waals surface area contributed by atoms with E-state index in [2.05, 4.69) is 30.3 Å². The molecular formula is C19H38N2O5Si. The maximum atomic E-state index is 12.8. The number of hydrogen-bond donors (Lipinski definition) is 2. The Labute approximate surface area is 165 Å². The third kappa shape index (κ3) is 12.4. The van der Waals surface area contributed by atoms with Gasteiger partial charge in [0.05, 0.1) is 7.11 Å². The summed E-state index contributed by atoms with van der Waals surface area (Å²) in [6, 6.07) is -0.642. The molecular weight excluding hydrogens is 364 g/mol. The van der Waals surface area contributed by atoms with E-state index in [9.17, 15) is 14.4 Å². The van der Waals surface area contributed by atoms with Gasteiger partial charge in [-0.1, -0.05) is 39.5 Å². The van der Waals surface area contributed by atoms with E-state index in [0.29, 0.717) is 12.8 Å². The molecule has 0 saturated carbocycles. The molecule has 0 fully saturated rings. The number of ether oxygens (including phenoxy) is 2. The Kier molecular flexibility index (Phi) is 10.1. The van der Waals surface area contributed by atoms with Crippen LogP contribution in [0.5, 0.6) is 0 Å². The predicted molar refractivity (Wildman–Crippen MR) is 109 cm³/mol. The van der Waals surface area contributed by atoms with Gasteiger partial charge in [0.15, 0.2) is 0 Å². The average Bonchev–Trinajstić information content (AvgIpc) is 2.46. The van der Waals surface area contributed by atoms with Crippen molar-refractivity contribution in [3.8, 4) is 0 Å². The predicted octanol–water partition coefficient (Wildman–Crippen LogP) is 3.31. The van der Waals surface area contributed by atoms with E-state index >= 15 is 0 Å². The lowest BCUT2D eigenvalue weighted by molar-refractivity contribution is -0.145. The normalized spacial score (nSPS) is 14.3. The summed E-state index contributed by atoms with van der Waals surface area (Å²) in [5.74, 6) is -0.679. The van der Waals surface area contributed by atoms with Crippen molar-refractivity contribution in [2.75, 3.05) is 7.11 Å². The summed E-state index contributed by atoms with van der Waals surface area (Å²) in [5, 5.41) is 5.39. The molecule has 158 valence electrons. The van der Waals surface area contributed by atoms with E-state index in [0.717, 1.165) is 6.04 Å². The molecule has 0 aliphatic carbocycles. The van der Waals surface area contributed by atoms with Crippen LogP contribution in [0.4, 0.5) is 4.79 Å². The maximum absolute atomic E-state index is 12.8. The van der Waals surface area contributed by atoms with Gasteiger partial charge in [-0.05, 0) is 39.5 Å². The first-order chi connectivity index (χ1) is 12.1. The Bertz CT molecular complexity index is 509. The van der Waals surface area contributed by atoms with Crippen LogP contribution in [0.1, 0.15) is 47.5 Å². The number of methoxy groups -OCH3 is 1. The Morgan fingerprint density at radius 1 is 1.00 bits per heavy atom. The molecule has 2 amide bonds. The average molecular weight is 403 g/mol. The second-order valence-electron chi connectivity index (χ2n) is 9.51. The van der Waals surface area contributed by atoms with Crippen molar-refractivity contribution < 1.29 is 23.9 Å². The van der Waals surface area contributed by atoms with Gasteiger partial charge in [0.2, 0.25) is 5.91 Å². The van der Waals surface area contributed by atoms with Crippen molar-refractivity contribution in [3.63, 3.8) is 0 Å². The summed E-state index contributed by atoms with van der Waals surface area (Å²) >= 11 is 0. The van der Waals surface area contributed by atoms with Gasteiger partial charge in [-0.3, -0.25) is 4.79 Å². The SMILES string of the molecule is COC(=O)[C@H](CC(C)C)NC(=O)[C@@H](CC[Si](C)(C)C)NC(=O)OC(C)(C)C. The summed E-state index contributed by atoms with van der Waals surface area (Å²) in [4.78, 5) is 36.9. The number of amides is 2. The summed E-state index contributed by atoms with van der Waals surface area (Å²) < 4.78 is 10.1. The molecule has 7 nitrogen and oxygen atoms in total. The molecule has 0 heterocycles. The minimum atomic E-state index is -1.42. The highest BCUT2D eigenvalue weighted by atomic mass is 28.3. The highest BCUT2D eigenvalue weighted by Gasteiger charge is 2.30. The fraction of sp³-hybridized carbons (Fsp3) is 0.842. The summed E-state index contributed by atoms with van der Waals surface area (Å²) in [6.07, 6.45) is 0.318. The summed E-state index contributed by atoms with van der Waals surface area (Å²) in [5.41, 5.74) is -0.657. The van der Waals surface area contributed by atoms with Gasteiger partial charge in [0.1, 0.15) is 17.7 Å². The molecule has 2 atom stereocenters. The van der Waals surface area contributed by atoms with Crippen LogP contribution in [-0.4, -0.2) is 50.8 Å². The number of carbonyl (C=O) groups is 3. The molecule has 0 aromatic heterocycles. The zero-order chi connectivity index (χ0) is 21.4. The van der Waals surface area contributed by atoms with E-state index in [1.807, 2.05) is 13.8 Å². The van der Waals surface area contributed by atoms with Crippen molar-refractivity contribution in [2.24, 2.45) is 5.92 Å². The van der Waals surface area contributed by atoms with Crippen LogP contribution >= 0.6 is 0 Å². The van der Waals surface area contributed by atoms with Crippen molar-refractivity contribution in [2.45, 2.75) is 90.8 Å². The Balaban J connectivity index is 5.22. The third-order valence-corrected chi connectivity index (χ3v) is 5.49. The maximum Gasteiger partial charge on any atom is 0.408 e. The van der Waals surface area contributed by atoms with Crippen molar-refractivity contribution >= 4 is 26.0 Å². The molecule has 8 heteroatoms. The molecule has 0 unspecified atom stereocenters. The molecule has 0 aliphatic rings. The second kappa shape index (κ2) is 10.7. The monoisotopic (exact) mass is 402 g/mol. The molecule has 2 N–H and O–H groups in total. The topological polar surface area (TPSA) is 93.7 Å². The zero-order valence-electron chi connectivity index (χ0n) is 18.4. The lowest BCUT2D eigenvalue weighted by Gasteiger charge is -2.26. The number of esters is 1. The van der Waals surface area contributed by atoms with Gasteiger partial charge in [-0.15, -0.1) is 0 Å². The first-order valence-electron chi connectivity index (χ1n) is 9.52. The second-order valence-corrected chi connectivity index (χ2v) is 15.1. The van der Waals surface area contributed by atoms with Crippen LogP contribution in [-0.2, 0) is 19.1 Å². The van der Waals surface area contributed by atoms with Gasteiger partial charge in [0.25, 0.3) is 0 Å². The largest absolute Gasteiger partial charge is 0.467 e. The lowest BCUT2D eigenvalue weighted by Crippen LogP contribution is -2.53. The quantitative estimate of drug-likeness (QED) is 0.456. The Hall–Kier alpha value is -1.57. The highest BCUT2D eigenvalue weighted by molar-refractivity contribution is 6.76. The minimum absolute atomic E-state index is 0.202. The molecule has 0 radical (unpaired) electrons. The van der Waals surface area contributed by atoms with Crippen LogP contribution in [0.2, 0.25) is 25.7 Å². The molecule has 0 saturated heterocycles. The van der Waals surface area contributed by atoms with Crippen LogP contribution in [0.3, 0.4) is 0 Å². The van der Waals surface area contributed by atoms with Gasteiger partial charge in [-0.2, -0.15) is 0 Å². The molecule has 0 aromatic carbocycles. The Morgan fingerprint density at radius 2 is 1.56 bits per heavy atom. The van der Waals surface area contributed by atoms with E-state index in [1.165, 1.54) is 7.11 Å². The lowest BCUT2D eigenvalue weighted by atomic mass is 10.0. The van der Waals surface area contributed by atoms with Crippen LogP contribution < -0.4 is 10.6 Å². The number of alkyl carbamates (subject to hydrolysis) is 1. The van der Waals surface area contributed by atoms with E-state index < -0.39 is 43.7 Å². The molecule has 0 rings (SSSR count). The third-order valence-electron chi connectivity index (χ3n) is 3.70. The molecule has 0 aromatic rings. The van der Waals surface area contributed by atoms with Crippen LogP contribution in [0.25, 0.3) is 0 Å². The van der Waals surface area contributed by atoms with Crippen molar-refractivity contribution in [1.82, 2.24) is 10.6 Å².